The van der Waals surface area contributed by atoms with Gasteiger partial charge in [0.2, 0.25) is 5.91 Å². The van der Waals surface area contributed by atoms with E-state index in [1.54, 1.807) is 4.90 Å². The highest BCUT2D eigenvalue weighted by Gasteiger charge is 2.36. The Kier molecular flexibility index (Phi) is 3.70. The van der Waals surface area contributed by atoms with Gasteiger partial charge in [-0.25, -0.2) is 0 Å². The number of nitrogens with zero attached hydrogens (tertiary/aromatic N) is 3. The summed E-state index contributed by atoms with van der Waals surface area (Å²) in [5, 5.41) is 9.20. The van der Waals surface area contributed by atoms with Crippen LogP contribution in [-0.4, -0.2) is 28.3 Å². The first-order valence-corrected chi connectivity index (χ1v) is 8.39. The highest BCUT2D eigenvalue weighted by Crippen LogP contribution is 2.33. The summed E-state index contributed by atoms with van der Waals surface area (Å²) in [4.78, 5) is 16.4. The third kappa shape index (κ3) is 2.43. The van der Waals surface area contributed by atoms with Crippen LogP contribution >= 0.6 is 0 Å². The van der Waals surface area contributed by atoms with Gasteiger partial charge in [0.15, 0.2) is 6.19 Å². The second-order valence-electron chi connectivity index (χ2n) is 6.45. The lowest BCUT2D eigenvalue weighted by Crippen LogP contribution is -2.41. The van der Waals surface area contributed by atoms with Crippen LogP contribution in [0.3, 0.4) is 0 Å². The molecule has 0 bridgehead atoms. The molecule has 4 nitrogen and oxygen atoms in total. The van der Waals surface area contributed by atoms with E-state index in [1.165, 1.54) is 22.3 Å². The van der Waals surface area contributed by atoms with Gasteiger partial charge in [-0.15, -0.1) is 0 Å². The van der Waals surface area contributed by atoms with E-state index in [0.29, 0.717) is 19.6 Å². The zero-order valence-corrected chi connectivity index (χ0v) is 13.5. The van der Waals surface area contributed by atoms with E-state index < -0.39 is 0 Å². The maximum absolute atomic E-state index is 12.9. The molecule has 2 aliphatic heterocycles. The molecule has 0 saturated carbocycles. The summed E-state index contributed by atoms with van der Waals surface area (Å²) in [5.41, 5.74) is 4.83. The maximum Gasteiger partial charge on any atom is 0.246 e. The van der Waals surface area contributed by atoms with Gasteiger partial charge < -0.3 is 4.90 Å². The minimum atomic E-state index is -0.274. The Morgan fingerprint density at radius 2 is 1.92 bits per heavy atom. The smallest absolute Gasteiger partial charge is 0.246 e. The normalized spacial score (nSPS) is 19.2. The molecule has 0 radical (unpaired) electrons. The fourth-order valence-electron chi connectivity index (χ4n) is 3.82. The molecule has 1 fully saturated rings. The Bertz CT molecular complexity index is 809. The zero-order valence-electron chi connectivity index (χ0n) is 13.5. The van der Waals surface area contributed by atoms with E-state index in [9.17, 15) is 10.1 Å². The van der Waals surface area contributed by atoms with E-state index in [0.717, 1.165) is 12.8 Å². The molecule has 24 heavy (non-hydrogen) atoms. The van der Waals surface area contributed by atoms with Gasteiger partial charge in [-0.1, -0.05) is 48.5 Å². The summed E-state index contributed by atoms with van der Waals surface area (Å²) in [7, 11) is 0. The highest BCUT2D eigenvalue weighted by atomic mass is 16.2. The van der Waals surface area contributed by atoms with E-state index in [4.69, 9.17) is 0 Å². The number of fused-ring (bicyclic) bond motifs is 1. The molecule has 0 N–H and O–H groups in total. The Labute approximate surface area is 141 Å². The van der Waals surface area contributed by atoms with Crippen molar-refractivity contribution in [3.63, 3.8) is 0 Å². The number of likely N-dealkylation sites (tertiary alicyclic amines) is 1. The Morgan fingerprint density at radius 3 is 2.71 bits per heavy atom. The molecule has 4 rings (SSSR count). The second-order valence-corrected chi connectivity index (χ2v) is 6.45. The van der Waals surface area contributed by atoms with Crippen LogP contribution in [0.25, 0.3) is 11.1 Å². The molecule has 2 aromatic carbocycles. The van der Waals surface area contributed by atoms with Crippen molar-refractivity contribution in [3.8, 4) is 17.3 Å². The fraction of sp³-hybridized carbons (Fsp3) is 0.300. The van der Waals surface area contributed by atoms with Crippen LogP contribution in [0.5, 0.6) is 0 Å². The van der Waals surface area contributed by atoms with Crippen LogP contribution in [-0.2, 0) is 17.9 Å². The van der Waals surface area contributed by atoms with E-state index in [2.05, 4.69) is 36.5 Å². The first-order valence-electron chi connectivity index (χ1n) is 8.39. The van der Waals surface area contributed by atoms with Crippen LogP contribution in [0.15, 0.2) is 48.5 Å². The van der Waals surface area contributed by atoms with Crippen LogP contribution in [0.1, 0.15) is 24.0 Å². The first-order chi connectivity index (χ1) is 11.8. The third-order valence-corrected chi connectivity index (χ3v) is 5.05. The number of hydrogen-bond donors (Lipinski definition) is 0. The maximum atomic E-state index is 12.9. The van der Waals surface area contributed by atoms with E-state index in [-0.39, 0.29) is 11.9 Å². The van der Waals surface area contributed by atoms with Crippen molar-refractivity contribution in [2.75, 3.05) is 6.54 Å². The van der Waals surface area contributed by atoms with Crippen molar-refractivity contribution < 1.29 is 4.79 Å². The number of benzene rings is 2. The van der Waals surface area contributed by atoms with Crippen LogP contribution < -0.4 is 0 Å². The molecule has 0 aromatic heterocycles. The van der Waals surface area contributed by atoms with Gasteiger partial charge in [0, 0.05) is 19.6 Å². The molecule has 0 aliphatic carbocycles. The molecule has 1 amide bonds. The van der Waals surface area contributed by atoms with E-state index in [1.807, 2.05) is 23.1 Å². The number of rotatable bonds is 2. The molecule has 0 spiro atoms. The number of carbonyl (C=O) groups is 1. The molecule has 2 heterocycles. The second kappa shape index (κ2) is 6.01. The average molecular weight is 317 g/mol. The van der Waals surface area contributed by atoms with Crippen LogP contribution in [0.2, 0.25) is 0 Å². The molecule has 1 saturated heterocycles. The number of carbonyl (C=O) groups excluding carboxylic acids is 1. The fourth-order valence-corrected chi connectivity index (χ4v) is 3.82. The number of amides is 1. The molecule has 4 heteroatoms. The van der Waals surface area contributed by atoms with Crippen molar-refractivity contribution in [2.24, 2.45) is 0 Å². The summed E-state index contributed by atoms with van der Waals surface area (Å²) in [6.07, 6.45) is 3.86. The quantitative estimate of drug-likeness (QED) is 0.800. The summed E-state index contributed by atoms with van der Waals surface area (Å²) in [5.74, 6) is 0.0873. The number of nitriles is 1. The lowest BCUT2D eigenvalue weighted by molar-refractivity contribution is -0.135. The molecule has 1 unspecified atom stereocenters. The topological polar surface area (TPSA) is 47.3 Å². The van der Waals surface area contributed by atoms with Gasteiger partial charge in [0.1, 0.15) is 6.04 Å². The van der Waals surface area contributed by atoms with Gasteiger partial charge in [-0.2, -0.15) is 5.26 Å². The van der Waals surface area contributed by atoms with Crippen LogP contribution in [0, 0.1) is 11.5 Å². The number of hydrogen-bond acceptors (Lipinski definition) is 3. The van der Waals surface area contributed by atoms with Crippen molar-refractivity contribution in [1.29, 1.82) is 5.26 Å². The summed E-state index contributed by atoms with van der Waals surface area (Å²) in [6.45, 7) is 1.97. The lowest BCUT2D eigenvalue weighted by atomic mass is 9.97. The monoisotopic (exact) mass is 317 g/mol. The van der Waals surface area contributed by atoms with Gasteiger partial charge in [-0.05, 0) is 35.1 Å². The highest BCUT2D eigenvalue weighted by molar-refractivity contribution is 5.84. The summed E-state index contributed by atoms with van der Waals surface area (Å²) in [6, 6.07) is 16.3. The largest absolute Gasteiger partial charge is 0.332 e. The van der Waals surface area contributed by atoms with Crippen molar-refractivity contribution >= 4 is 5.91 Å². The summed E-state index contributed by atoms with van der Waals surface area (Å²) < 4.78 is 0. The van der Waals surface area contributed by atoms with Crippen LogP contribution in [0.4, 0.5) is 0 Å². The summed E-state index contributed by atoms with van der Waals surface area (Å²) >= 11 is 0. The Morgan fingerprint density at radius 1 is 1.08 bits per heavy atom. The molecule has 1 atom stereocenters. The molecule has 120 valence electrons. The van der Waals surface area contributed by atoms with Gasteiger partial charge in [0.05, 0.1) is 0 Å². The van der Waals surface area contributed by atoms with Crippen molar-refractivity contribution in [2.45, 2.75) is 32.0 Å². The average Bonchev–Trinajstić information content (AvgIpc) is 3.28. The SMILES string of the molecule is N#CN1CCCC1C(=O)N1Cc2cccc(-c3ccccc3)c2C1. The standard InChI is InChI=1S/C20H19N3O/c21-14-22-11-5-10-19(22)20(24)23-12-16-8-4-9-17(18(16)13-23)15-6-2-1-3-7-15/h1-4,6-9,19H,5,10-13H2. The van der Waals surface area contributed by atoms with Crippen molar-refractivity contribution in [1.82, 2.24) is 9.80 Å². The van der Waals surface area contributed by atoms with Gasteiger partial charge in [-0.3, -0.25) is 9.69 Å². The lowest BCUT2D eigenvalue weighted by Gasteiger charge is -2.24. The third-order valence-electron chi connectivity index (χ3n) is 5.05. The van der Waals surface area contributed by atoms with E-state index >= 15 is 0 Å². The zero-order chi connectivity index (χ0) is 16.5. The minimum Gasteiger partial charge on any atom is -0.332 e. The minimum absolute atomic E-state index is 0.0873. The molecular formula is C20H19N3O. The molecule has 2 aliphatic rings. The Hall–Kier alpha value is -2.80. The van der Waals surface area contributed by atoms with Gasteiger partial charge >= 0.3 is 0 Å². The molecule has 2 aromatic rings. The molecular weight excluding hydrogens is 298 g/mol. The van der Waals surface area contributed by atoms with Crippen molar-refractivity contribution in [3.05, 3.63) is 59.7 Å². The Balaban J connectivity index is 1.61. The van der Waals surface area contributed by atoms with Gasteiger partial charge in [0.25, 0.3) is 0 Å². The predicted molar refractivity (Wildman–Crippen MR) is 91.5 cm³/mol. The first kappa shape index (κ1) is 14.8. The predicted octanol–water partition coefficient (Wildman–Crippen LogP) is 3.14.